The second-order valence-corrected chi connectivity index (χ2v) is 14.8. The SMILES string of the molecule is CC/C=C/C/C=C/C/C=C/CCCC(=O)OCC(COCCC(C(=O)[O-])[N+](C)(C)C)OC(=O)CCCCCCCCCCCCCCCCCC. The van der Waals surface area contributed by atoms with Crippen molar-refractivity contribution in [2.45, 2.75) is 180 Å². The molecular formula is C43H77NO7. The molecule has 296 valence electrons. The van der Waals surface area contributed by atoms with Gasteiger partial charge in [0.05, 0.1) is 40.3 Å². The van der Waals surface area contributed by atoms with Gasteiger partial charge in [-0.3, -0.25) is 9.59 Å². The quantitative estimate of drug-likeness (QED) is 0.0275. The van der Waals surface area contributed by atoms with Crippen LogP contribution >= 0.6 is 0 Å². The maximum atomic E-state index is 12.7. The normalized spacial score (nSPS) is 13.4. The smallest absolute Gasteiger partial charge is 0.306 e. The number of hydrogen-bond donors (Lipinski definition) is 0. The number of aliphatic carboxylic acids is 1. The fourth-order valence-electron chi connectivity index (χ4n) is 5.86. The van der Waals surface area contributed by atoms with Gasteiger partial charge in [0.1, 0.15) is 12.6 Å². The molecule has 0 N–H and O–H groups in total. The molecule has 0 saturated heterocycles. The maximum Gasteiger partial charge on any atom is 0.306 e. The Hall–Kier alpha value is -2.45. The van der Waals surface area contributed by atoms with E-state index in [1.54, 1.807) is 21.1 Å². The second-order valence-electron chi connectivity index (χ2n) is 14.8. The maximum absolute atomic E-state index is 12.7. The highest BCUT2D eigenvalue weighted by Gasteiger charge is 2.25. The third kappa shape index (κ3) is 33.2. The molecule has 2 unspecified atom stereocenters. The van der Waals surface area contributed by atoms with Crippen LogP contribution in [0.5, 0.6) is 0 Å². The summed E-state index contributed by atoms with van der Waals surface area (Å²) in [6, 6.07) is -0.730. The van der Waals surface area contributed by atoms with Crippen LogP contribution in [-0.4, -0.2) is 75.5 Å². The third-order valence-electron chi connectivity index (χ3n) is 9.04. The van der Waals surface area contributed by atoms with E-state index in [0.717, 1.165) is 44.9 Å². The van der Waals surface area contributed by atoms with Crippen molar-refractivity contribution in [3.05, 3.63) is 36.5 Å². The van der Waals surface area contributed by atoms with Gasteiger partial charge < -0.3 is 28.6 Å². The number of carboxylic acids is 1. The molecule has 0 heterocycles. The van der Waals surface area contributed by atoms with E-state index < -0.39 is 18.1 Å². The summed E-state index contributed by atoms with van der Waals surface area (Å²) >= 11 is 0. The van der Waals surface area contributed by atoms with Gasteiger partial charge in [-0.05, 0) is 38.5 Å². The topological polar surface area (TPSA) is 102 Å². The zero-order valence-electron chi connectivity index (χ0n) is 33.5. The number of carboxylic acid groups (broad SMARTS) is 1. The second kappa shape index (κ2) is 34.6. The highest BCUT2D eigenvalue weighted by atomic mass is 16.6. The van der Waals surface area contributed by atoms with Crippen LogP contribution in [0.4, 0.5) is 0 Å². The van der Waals surface area contributed by atoms with E-state index in [2.05, 4.69) is 50.3 Å². The molecule has 51 heavy (non-hydrogen) atoms. The van der Waals surface area contributed by atoms with Crippen molar-refractivity contribution in [2.24, 2.45) is 0 Å². The summed E-state index contributed by atoms with van der Waals surface area (Å²) < 4.78 is 17.1. The number of unbranched alkanes of at least 4 members (excludes halogenated alkanes) is 16. The Morgan fingerprint density at radius 3 is 1.61 bits per heavy atom. The Bertz CT molecular complexity index is 937. The predicted molar refractivity (Wildman–Crippen MR) is 208 cm³/mol. The first-order valence-corrected chi connectivity index (χ1v) is 20.5. The predicted octanol–water partition coefficient (Wildman–Crippen LogP) is 9.35. The van der Waals surface area contributed by atoms with Crippen molar-refractivity contribution in [3.63, 3.8) is 0 Å². The van der Waals surface area contributed by atoms with Gasteiger partial charge in [0.15, 0.2) is 6.10 Å². The van der Waals surface area contributed by atoms with Crippen molar-refractivity contribution >= 4 is 17.9 Å². The van der Waals surface area contributed by atoms with Crippen LogP contribution in [0.15, 0.2) is 36.5 Å². The highest BCUT2D eigenvalue weighted by Crippen LogP contribution is 2.15. The van der Waals surface area contributed by atoms with Gasteiger partial charge in [-0.1, -0.05) is 147 Å². The van der Waals surface area contributed by atoms with Crippen LogP contribution in [0.25, 0.3) is 0 Å². The summed E-state index contributed by atoms with van der Waals surface area (Å²) in [5.41, 5.74) is 0. The first-order valence-electron chi connectivity index (χ1n) is 20.5. The number of carbonyl (C=O) groups is 3. The fourth-order valence-corrected chi connectivity index (χ4v) is 5.86. The molecule has 0 aliphatic rings. The number of likely N-dealkylation sites (N-methyl/N-ethyl adjacent to an activating group) is 1. The Morgan fingerprint density at radius 1 is 0.608 bits per heavy atom. The highest BCUT2D eigenvalue weighted by molar-refractivity contribution is 5.70. The van der Waals surface area contributed by atoms with Crippen LogP contribution in [0.3, 0.4) is 0 Å². The molecule has 0 aromatic carbocycles. The first-order chi connectivity index (χ1) is 24.6. The molecule has 0 spiro atoms. The molecule has 0 aromatic rings. The van der Waals surface area contributed by atoms with Gasteiger partial charge >= 0.3 is 11.9 Å². The minimum Gasteiger partial charge on any atom is -0.544 e. The van der Waals surface area contributed by atoms with Crippen molar-refractivity contribution in [1.29, 1.82) is 0 Å². The van der Waals surface area contributed by atoms with E-state index in [-0.39, 0.29) is 49.1 Å². The Balaban J connectivity index is 4.40. The van der Waals surface area contributed by atoms with Crippen molar-refractivity contribution in [3.8, 4) is 0 Å². The molecule has 0 rings (SSSR count). The van der Waals surface area contributed by atoms with Gasteiger partial charge in [-0.2, -0.15) is 0 Å². The van der Waals surface area contributed by atoms with Gasteiger partial charge in [0.25, 0.3) is 0 Å². The van der Waals surface area contributed by atoms with Crippen molar-refractivity contribution < 1.29 is 38.2 Å². The summed E-state index contributed by atoms with van der Waals surface area (Å²) in [5, 5.41) is 11.6. The molecule has 0 bridgehead atoms. The lowest BCUT2D eigenvalue weighted by Gasteiger charge is -2.34. The Labute approximate surface area is 313 Å². The van der Waals surface area contributed by atoms with Gasteiger partial charge in [-0.15, -0.1) is 0 Å². The first kappa shape index (κ1) is 48.5. The number of ether oxygens (including phenoxy) is 3. The van der Waals surface area contributed by atoms with E-state index in [1.807, 2.05) is 0 Å². The average Bonchev–Trinajstić information content (AvgIpc) is 3.08. The van der Waals surface area contributed by atoms with Gasteiger partial charge in [0.2, 0.25) is 0 Å². The van der Waals surface area contributed by atoms with Crippen molar-refractivity contribution in [1.82, 2.24) is 0 Å². The lowest BCUT2D eigenvalue weighted by molar-refractivity contribution is -0.889. The lowest BCUT2D eigenvalue weighted by Crippen LogP contribution is -2.55. The van der Waals surface area contributed by atoms with Crippen LogP contribution in [0.2, 0.25) is 0 Å². The molecule has 8 nitrogen and oxygen atoms in total. The molecule has 0 fully saturated rings. The van der Waals surface area contributed by atoms with Crippen LogP contribution < -0.4 is 5.11 Å². The summed E-state index contributed by atoms with van der Waals surface area (Å²) in [5.74, 6) is -1.80. The van der Waals surface area contributed by atoms with E-state index in [0.29, 0.717) is 12.8 Å². The van der Waals surface area contributed by atoms with Crippen LogP contribution in [0.1, 0.15) is 168 Å². The summed E-state index contributed by atoms with van der Waals surface area (Å²) in [7, 11) is 5.39. The molecule has 2 atom stereocenters. The number of hydrogen-bond acceptors (Lipinski definition) is 7. The molecule has 0 aliphatic heterocycles. The minimum atomic E-state index is -1.13. The number of carbonyl (C=O) groups excluding carboxylic acids is 3. The van der Waals surface area contributed by atoms with Crippen LogP contribution in [0, 0.1) is 0 Å². The van der Waals surface area contributed by atoms with E-state index >= 15 is 0 Å². The summed E-state index contributed by atoms with van der Waals surface area (Å²) in [4.78, 5) is 36.7. The standard InChI is InChI=1S/C43H77NO7/c1-6-8-10-12-14-16-18-19-20-21-22-24-26-28-30-32-34-42(46)51-39(37-49-36-35-40(43(47)48)44(3,4)5)38-50-41(45)33-31-29-27-25-23-17-15-13-11-9-7-2/h9,11,15,17,25,27,39-40H,6-8,10,12-14,16,18-24,26,28-38H2,1-5H3/b11-9+,17-15+,27-25+. The fraction of sp³-hybridized carbons (Fsp3) is 0.791. The van der Waals surface area contributed by atoms with Crippen LogP contribution in [-0.2, 0) is 28.6 Å². The number of esters is 2. The molecule has 8 heteroatoms. The van der Waals surface area contributed by atoms with E-state index in [4.69, 9.17) is 14.2 Å². The number of allylic oxidation sites excluding steroid dienone is 6. The molecule has 0 saturated carbocycles. The molecular weight excluding hydrogens is 642 g/mol. The zero-order chi connectivity index (χ0) is 37.8. The monoisotopic (exact) mass is 720 g/mol. The van der Waals surface area contributed by atoms with Gasteiger partial charge in [-0.25, -0.2) is 0 Å². The average molecular weight is 720 g/mol. The zero-order valence-corrected chi connectivity index (χ0v) is 33.5. The minimum absolute atomic E-state index is 0.0272. The molecule has 0 aromatic heterocycles. The van der Waals surface area contributed by atoms with Gasteiger partial charge in [0, 0.05) is 19.3 Å². The third-order valence-corrected chi connectivity index (χ3v) is 9.04. The van der Waals surface area contributed by atoms with E-state index in [9.17, 15) is 19.5 Å². The number of quaternary nitrogens is 1. The van der Waals surface area contributed by atoms with Crippen molar-refractivity contribution in [2.75, 3.05) is 41.0 Å². The molecule has 0 amide bonds. The number of rotatable bonds is 36. The summed E-state index contributed by atoms with van der Waals surface area (Å²) in [6.07, 6.45) is 37.5. The van der Waals surface area contributed by atoms with E-state index in [1.165, 1.54) is 83.5 Å². The molecule has 0 radical (unpaired) electrons. The molecule has 0 aliphatic carbocycles. The number of nitrogens with zero attached hydrogens (tertiary/aromatic N) is 1. The lowest BCUT2D eigenvalue weighted by atomic mass is 10.0. The Morgan fingerprint density at radius 2 is 1.10 bits per heavy atom. The largest absolute Gasteiger partial charge is 0.544 e. The summed E-state index contributed by atoms with van der Waals surface area (Å²) in [6.45, 7) is 4.49. The Kier molecular flexibility index (Phi) is 33.0.